The van der Waals surface area contributed by atoms with Gasteiger partial charge in [0.15, 0.2) is 5.82 Å². The summed E-state index contributed by atoms with van der Waals surface area (Å²) in [7, 11) is 0. The Morgan fingerprint density at radius 2 is 1.71 bits per heavy atom. The molecule has 3 heterocycles. The van der Waals surface area contributed by atoms with Crippen molar-refractivity contribution in [3.8, 4) is 17.1 Å². The number of benzene rings is 1. The minimum Gasteiger partial charge on any atom is -0.368 e. The first kappa shape index (κ1) is 23.3. The van der Waals surface area contributed by atoms with E-state index in [2.05, 4.69) is 60.2 Å². The molecule has 1 atom stereocenters. The molecule has 3 aromatic heterocycles. The highest BCUT2D eigenvalue weighted by atomic mass is 15.4. The van der Waals surface area contributed by atoms with Crippen LogP contribution in [0.5, 0.6) is 0 Å². The highest BCUT2D eigenvalue weighted by Crippen LogP contribution is 2.31. The largest absolute Gasteiger partial charge is 0.368 e. The molecule has 1 saturated carbocycles. The van der Waals surface area contributed by atoms with Crippen LogP contribution in [0.4, 0.5) is 17.6 Å². The molecule has 0 bridgehead atoms. The van der Waals surface area contributed by atoms with Gasteiger partial charge in [-0.1, -0.05) is 12.5 Å². The van der Waals surface area contributed by atoms with Crippen molar-refractivity contribution < 1.29 is 0 Å². The maximum atomic E-state index is 6.28. The average molecular weight is 508 g/mol. The van der Waals surface area contributed by atoms with E-state index in [9.17, 15) is 0 Å². The summed E-state index contributed by atoms with van der Waals surface area (Å²) in [5.41, 5.74) is 14.3. The van der Waals surface area contributed by atoms with Crippen molar-refractivity contribution in [2.24, 2.45) is 0 Å². The van der Waals surface area contributed by atoms with Crippen molar-refractivity contribution in [3.63, 3.8) is 0 Å². The Kier molecular flexibility index (Phi) is 6.00. The van der Waals surface area contributed by atoms with E-state index in [1.165, 1.54) is 43.2 Å². The first-order valence-corrected chi connectivity index (χ1v) is 13.9. The number of nitrogen functional groups attached to an aromatic ring is 1. The molecule has 7 rings (SSSR count). The topological polar surface area (TPSA) is 119 Å². The van der Waals surface area contributed by atoms with E-state index in [1.807, 2.05) is 18.3 Å². The van der Waals surface area contributed by atoms with E-state index in [0.717, 1.165) is 66.3 Å². The van der Waals surface area contributed by atoms with E-state index in [-0.39, 0.29) is 5.95 Å². The van der Waals surface area contributed by atoms with E-state index in [1.54, 1.807) is 4.68 Å². The quantitative estimate of drug-likeness (QED) is 0.342. The molecule has 0 aliphatic heterocycles. The van der Waals surface area contributed by atoms with Crippen LogP contribution in [0.1, 0.15) is 60.9 Å². The fraction of sp³-hybridized carbons (Fsp3) is 0.414. The number of aryl methyl sites for hydroxylation is 4. The molecule has 38 heavy (non-hydrogen) atoms. The van der Waals surface area contributed by atoms with Crippen molar-refractivity contribution in [1.82, 2.24) is 35.3 Å². The Morgan fingerprint density at radius 1 is 0.842 bits per heavy atom. The van der Waals surface area contributed by atoms with Crippen molar-refractivity contribution >= 4 is 17.6 Å². The van der Waals surface area contributed by atoms with Gasteiger partial charge < -0.3 is 16.4 Å². The molecule has 3 aliphatic carbocycles. The first-order chi connectivity index (χ1) is 18.7. The van der Waals surface area contributed by atoms with Gasteiger partial charge in [-0.3, -0.25) is 4.98 Å². The molecule has 0 saturated heterocycles. The summed E-state index contributed by atoms with van der Waals surface area (Å²) in [6, 6.07) is 14.0. The van der Waals surface area contributed by atoms with Crippen molar-refractivity contribution in [2.75, 3.05) is 11.1 Å². The Bertz CT molecular complexity index is 1470. The molecular formula is C29H33N9. The molecule has 9 heteroatoms. The van der Waals surface area contributed by atoms with Crippen LogP contribution in [-0.2, 0) is 25.7 Å². The molecule has 1 fully saturated rings. The van der Waals surface area contributed by atoms with Gasteiger partial charge in [-0.25, -0.2) is 0 Å². The number of hydrogen-bond acceptors (Lipinski definition) is 8. The fourth-order valence-electron chi connectivity index (χ4n) is 5.97. The Morgan fingerprint density at radius 3 is 2.58 bits per heavy atom. The number of fused-ring (bicyclic) bond motifs is 4. The van der Waals surface area contributed by atoms with Gasteiger partial charge in [0, 0.05) is 35.2 Å². The van der Waals surface area contributed by atoms with Crippen LogP contribution in [0.3, 0.4) is 0 Å². The molecule has 0 amide bonds. The summed E-state index contributed by atoms with van der Waals surface area (Å²) in [4.78, 5) is 9.01. The molecule has 4 aromatic rings. The van der Waals surface area contributed by atoms with Crippen LogP contribution < -0.4 is 16.4 Å². The Balaban J connectivity index is 1.09. The van der Waals surface area contributed by atoms with Crippen LogP contribution in [-0.4, -0.2) is 42.0 Å². The smallest absolute Gasteiger partial charge is 0.248 e. The SMILES string of the molecule is Nc1nc(Nc2ccc3c(c2)CC[C@H](NC2CCC2)CC3)nn1-c1cc2c(nn1)-c1cccnc1CCC2. The standard InChI is InChI=1S/C29H33N9/c30-28-34-29(33-23-14-10-18-9-12-22(13-11-19(18)16-23)32-21-5-2-6-21)37-38(28)26-17-20-4-1-8-25-24(7-3-15-31-25)27(20)36-35-26/h3,7,10,14-17,21-22,32H,1-2,4-6,8-9,11-13H2,(H3,30,33,34,37)/t22-/m1/s1. The summed E-state index contributed by atoms with van der Waals surface area (Å²) >= 11 is 0. The molecule has 194 valence electrons. The van der Waals surface area contributed by atoms with Gasteiger partial charge in [0.05, 0.1) is 5.69 Å². The molecule has 9 nitrogen and oxygen atoms in total. The lowest BCUT2D eigenvalue weighted by Crippen LogP contribution is -2.42. The Hall–Kier alpha value is -3.85. The van der Waals surface area contributed by atoms with Crippen molar-refractivity contribution in [3.05, 3.63) is 65.0 Å². The van der Waals surface area contributed by atoms with Crippen LogP contribution in [0.25, 0.3) is 17.1 Å². The minimum atomic E-state index is 0.275. The lowest BCUT2D eigenvalue weighted by molar-refractivity contribution is 0.291. The van der Waals surface area contributed by atoms with E-state index < -0.39 is 0 Å². The molecule has 0 unspecified atom stereocenters. The lowest BCUT2D eigenvalue weighted by Gasteiger charge is -2.31. The monoisotopic (exact) mass is 507 g/mol. The predicted molar refractivity (Wildman–Crippen MR) is 148 cm³/mol. The highest BCUT2D eigenvalue weighted by Gasteiger charge is 2.24. The third kappa shape index (κ3) is 4.51. The van der Waals surface area contributed by atoms with Crippen LogP contribution in [0.15, 0.2) is 42.6 Å². The number of nitrogens with one attached hydrogen (secondary N) is 2. The highest BCUT2D eigenvalue weighted by molar-refractivity contribution is 5.67. The van der Waals surface area contributed by atoms with Gasteiger partial charge in [-0.05, 0) is 105 Å². The van der Waals surface area contributed by atoms with E-state index in [0.29, 0.717) is 17.8 Å². The predicted octanol–water partition coefficient (Wildman–Crippen LogP) is 4.32. The summed E-state index contributed by atoms with van der Waals surface area (Å²) in [6.45, 7) is 0. The molecule has 3 aliphatic rings. The summed E-state index contributed by atoms with van der Waals surface area (Å²) in [5, 5.41) is 20.9. The number of rotatable bonds is 5. The number of nitrogens with two attached hydrogens (primary N) is 1. The maximum absolute atomic E-state index is 6.28. The van der Waals surface area contributed by atoms with E-state index in [4.69, 9.17) is 5.73 Å². The number of nitrogens with zero attached hydrogens (tertiary/aromatic N) is 6. The lowest BCUT2D eigenvalue weighted by atomic mass is 9.91. The zero-order valence-corrected chi connectivity index (χ0v) is 21.5. The van der Waals surface area contributed by atoms with Gasteiger partial charge in [-0.15, -0.1) is 15.3 Å². The van der Waals surface area contributed by atoms with Gasteiger partial charge in [0.1, 0.15) is 0 Å². The minimum absolute atomic E-state index is 0.275. The fourth-order valence-corrected chi connectivity index (χ4v) is 5.97. The van der Waals surface area contributed by atoms with Crippen LogP contribution in [0.2, 0.25) is 0 Å². The second-order valence-electron chi connectivity index (χ2n) is 10.8. The number of hydrogen-bond donors (Lipinski definition) is 3. The number of pyridine rings is 1. The molecule has 1 aromatic carbocycles. The zero-order chi connectivity index (χ0) is 25.5. The number of anilines is 3. The third-order valence-electron chi connectivity index (χ3n) is 8.28. The average Bonchev–Trinajstić information content (AvgIpc) is 3.06. The normalized spacial score (nSPS) is 18.9. The molecular weight excluding hydrogens is 474 g/mol. The molecule has 0 radical (unpaired) electrons. The third-order valence-corrected chi connectivity index (χ3v) is 8.28. The van der Waals surface area contributed by atoms with Gasteiger partial charge >= 0.3 is 0 Å². The first-order valence-electron chi connectivity index (χ1n) is 13.9. The molecule has 4 N–H and O–H groups in total. The second-order valence-corrected chi connectivity index (χ2v) is 10.8. The number of aromatic nitrogens is 6. The molecule has 0 spiro atoms. The summed E-state index contributed by atoms with van der Waals surface area (Å²) in [5.74, 6) is 1.30. The van der Waals surface area contributed by atoms with Crippen molar-refractivity contribution in [1.29, 1.82) is 0 Å². The second kappa shape index (κ2) is 9.79. The maximum Gasteiger partial charge on any atom is 0.248 e. The van der Waals surface area contributed by atoms with Crippen molar-refractivity contribution in [2.45, 2.75) is 76.3 Å². The van der Waals surface area contributed by atoms with E-state index >= 15 is 0 Å². The Labute approximate surface area is 222 Å². The van der Waals surface area contributed by atoms with Gasteiger partial charge in [-0.2, -0.15) is 9.67 Å². The zero-order valence-electron chi connectivity index (χ0n) is 21.5. The summed E-state index contributed by atoms with van der Waals surface area (Å²) < 4.78 is 1.56. The summed E-state index contributed by atoms with van der Waals surface area (Å²) in [6.07, 6.45) is 13.3. The van der Waals surface area contributed by atoms with Crippen LogP contribution in [0, 0.1) is 0 Å². The van der Waals surface area contributed by atoms with Crippen LogP contribution >= 0.6 is 0 Å². The van der Waals surface area contributed by atoms with Gasteiger partial charge in [0.25, 0.3) is 0 Å². The van der Waals surface area contributed by atoms with Gasteiger partial charge in [0.2, 0.25) is 11.9 Å².